The van der Waals surface area contributed by atoms with Gasteiger partial charge >= 0.3 is 0 Å². The van der Waals surface area contributed by atoms with E-state index in [0.29, 0.717) is 5.92 Å². The Hall–Kier alpha value is -1.91. The van der Waals surface area contributed by atoms with Gasteiger partial charge in [0.25, 0.3) is 0 Å². The average molecular weight is 351 g/mol. The largest absolute Gasteiger partial charge is 0.396 e. The lowest BCUT2D eigenvalue weighted by molar-refractivity contribution is 0.125. The van der Waals surface area contributed by atoms with Crippen LogP contribution in [0.3, 0.4) is 0 Å². The molecule has 1 N–H and O–H groups in total. The van der Waals surface area contributed by atoms with E-state index in [4.69, 9.17) is 0 Å². The van der Waals surface area contributed by atoms with Crippen LogP contribution < -0.4 is 4.90 Å². The number of likely N-dealkylation sites (tertiary alicyclic amines) is 1. The summed E-state index contributed by atoms with van der Waals surface area (Å²) in [5.41, 5.74) is 3.90. The molecule has 0 spiro atoms. The van der Waals surface area contributed by atoms with E-state index in [0.717, 1.165) is 50.7 Å². The van der Waals surface area contributed by atoms with Gasteiger partial charge in [0.05, 0.1) is 6.61 Å². The third-order valence-electron chi connectivity index (χ3n) is 6.24. The van der Waals surface area contributed by atoms with E-state index in [-0.39, 0.29) is 12.0 Å². The van der Waals surface area contributed by atoms with Gasteiger partial charge in [0.15, 0.2) is 0 Å². The molecule has 3 heterocycles. The summed E-state index contributed by atoms with van der Waals surface area (Å²) in [6.07, 6.45) is 1.07. The van der Waals surface area contributed by atoms with Crippen LogP contribution in [0.15, 0.2) is 42.5 Å². The van der Waals surface area contributed by atoms with Gasteiger partial charge in [-0.15, -0.1) is 0 Å². The molecule has 2 atom stereocenters. The Bertz CT molecular complexity index is 777. The van der Waals surface area contributed by atoms with Gasteiger partial charge in [-0.1, -0.05) is 37.3 Å². The van der Waals surface area contributed by atoms with Crippen molar-refractivity contribution in [2.75, 3.05) is 37.7 Å². The van der Waals surface area contributed by atoms with Gasteiger partial charge in [0.1, 0.15) is 5.82 Å². The number of pyridine rings is 1. The molecule has 0 saturated carbocycles. The molecule has 1 aromatic heterocycles. The molecule has 1 aromatic carbocycles. The molecule has 2 aliphatic heterocycles. The van der Waals surface area contributed by atoms with Crippen LogP contribution >= 0.6 is 0 Å². The average Bonchev–Trinajstić information content (AvgIpc) is 3.16. The Balaban J connectivity index is 1.49. The third-order valence-corrected chi connectivity index (χ3v) is 6.24. The number of anilines is 1. The number of aliphatic hydroxyl groups excluding tert-OH is 1. The van der Waals surface area contributed by atoms with Crippen LogP contribution in [-0.2, 0) is 13.0 Å². The summed E-state index contributed by atoms with van der Waals surface area (Å²) in [4.78, 5) is 9.59. The fraction of sp³-hybridized carbons (Fsp3) is 0.500. The van der Waals surface area contributed by atoms with Gasteiger partial charge in [0.2, 0.25) is 0 Å². The van der Waals surface area contributed by atoms with E-state index in [1.54, 1.807) is 0 Å². The van der Waals surface area contributed by atoms with E-state index in [9.17, 15) is 5.11 Å². The zero-order chi connectivity index (χ0) is 18.1. The van der Waals surface area contributed by atoms with Gasteiger partial charge in [-0.25, -0.2) is 4.98 Å². The quantitative estimate of drug-likeness (QED) is 0.899. The smallest absolute Gasteiger partial charge is 0.128 e. The highest BCUT2D eigenvalue weighted by Gasteiger charge is 2.52. The van der Waals surface area contributed by atoms with E-state index < -0.39 is 0 Å². The fourth-order valence-electron chi connectivity index (χ4n) is 4.81. The second-order valence-corrected chi connectivity index (χ2v) is 8.03. The fourth-order valence-corrected chi connectivity index (χ4v) is 4.81. The predicted molar refractivity (Wildman–Crippen MR) is 105 cm³/mol. The first-order valence-electron chi connectivity index (χ1n) is 9.72. The first-order valence-corrected chi connectivity index (χ1v) is 9.72. The van der Waals surface area contributed by atoms with Crippen LogP contribution in [0, 0.1) is 18.3 Å². The molecule has 2 unspecified atom stereocenters. The minimum Gasteiger partial charge on any atom is -0.396 e. The van der Waals surface area contributed by atoms with Crippen molar-refractivity contribution in [1.29, 1.82) is 0 Å². The zero-order valence-corrected chi connectivity index (χ0v) is 15.9. The molecule has 0 radical (unpaired) electrons. The second kappa shape index (κ2) is 7.01. The molecule has 4 heteroatoms. The maximum absolute atomic E-state index is 10.3. The minimum atomic E-state index is -0.0212. The third kappa shape index (κ3) is 3.12. The number of benzene rings is 1. The van der Waals surface area contributed by atoms with E-state index in [1.807, 2.05) is 13.0 Å². The minimum absolute atomic E-state index is 0.0212. The first kappa shape index (κ1) is 17.5. The maximum Gasteiger partial charge on any atom is 0.128 e. The molecule has 2 fully saturated rings. The van der Waals surface area contributed by atoms with Gasteiger partial charge in [-0.3, -0.25) is 4.90 Å². The lowest BCUT2D eigenvalue weighted by atomic mass is 9.82. The topological polar surface area (TPSA) is 39.6 Å². The highest BCUT2D eigenvalue weighted by molar-refractivity contribution is 5.42. The molecule has 26 heavy (non-hydrogen) atoms. The van der Waals surface area contributed by atoms with Crippen molar-refractivity contribution in [2.45, 2.75) is 26.8 Å². The van der Waals surface area contributed by atoms with Crippen molar-refractivity contribution in [1.82, 2.24) is 9.88 Å². The predicted octanol–water partition coefficient (Wildman–Crippen LogP) is 2.88. The van der Waals surface area contributed by atoms with Crippen LogP contribution in [0.1, 0.15) is 23.7 Å². The first-order chi connectivity index (χ1) is 12.6. The molecule has 4 nitrogen and oxygen atoms in total. The molecule has 0 aliphatic carbocycles. The SMILES string of the molecule is CCc1ccccc1CN1CC2CN(c3cccc(C)n3)CC2(CO)C1. The van der Waals surface area contributed by atoms with Crippen LogP contribution in [0.25, 0.3) is 0 Å². The Kier molecular flexibility index (Phi) is 4.72. The van der Waals surface area contributed by atoms with Crippen LogP contribution in [-0.4, -0.2) is 47.8 Å². The Labute approximate surface area is 156 Å². The van der Waals surface area contributed by atoms with Gasteiger partial charge in [-0.2, -0.15) is 0 Å². The van der Waals surface area contributed by atoms with Gasteiger partial charge in [-0.05, 0) is 42.5 Å². The zero-order valence-electron chi connectivity index (χ0n) is 15.9. The van der Waals surface area contributed by atoms with Crippen molar-refractivity contribution in [3.05, 3.63) is 59.3 Å². The molecule has 2 aliphatic rings. The number of fused-ring (bicyclic) bond motifs is 1. The highest BCUT2D eigenvalue weighted by Crippen LogP contribution is 2.43. The molecular formula is C22H29N3O. The monoisotopic (exact) mass is 351 g/mol. The Morgan fingerprint density at radius 1 is 1.08 bits per heavy atom. The molecule has 2 saturated heterocycles. The lowest BCUT2D eigenvalue weighted by Gasteiger charge is -2.28. The summed E-state index contributed by atoms with van der Waals surface area (Å²) >= 11 is 0. The number of hydrogen-bond donors (Lipinski definition) is 1. The summed E-state index contributed by atoms with van der Waals surface area (Å²) in [6, 6.07) is 15.0. The number of aliphatic hydroxyl groups is 1. The number of nitrogens with zero attached hydrogens (tertiary/aromatic N) is 3. The molecular weight excluding hydrogens is 322 g/mol. The van der Waals surface area contributed by atoms with Crippen molar-refractivity contribution in [3.63, 3.8) is 0 Å². The van der Waals surface area contributed by atoms with Gasteiger partial charge < -0.3 is 10.0 Å². The molecule has 138 valence electrons. The molecule has 2 aromatic rings. The van der Waals surface area contributed by atoms with E-state index in [1.165, 1.54) is 11.1 Å². The number of aryl methyl sites for hydroxylation is 2. The molecule has 0 bridgehead atoms. The number of hydrogen-bond acceptors (Lipinski definition) is 4. The summed E-state index contributed by atoms with van der Waals surface area (Å²) in [7, 11) is 0. The Morgan fingerprint density at radius 2 is 1.88 bits per heavy atom. The standard InChI is InChI=1S/C22H29N3O/c1-3-18-8-4-5-9-19(18)11-24-12-20-13-25(15-22(20,14-24)16-26)21-10-6-7-17(2)23-21/h4-10,20,26H,3,11-16H2,1-2H3. The van der Waals surface area contributed by atoms with E-state index >= 15 is 0 Å². The van der Waals surface area contributed by atoms with Crippen molar-refractivity contribution < 1.29 is 5.11 Å². The van der Waals surface area contributed by atoms with Gasteiger partial charge in [0, 0.05) is 43.8 Å². The highest BCUT2D eigenvalue weighted by atomic mass is 16.3. The van der Waals surface area contributed by atoms with Crippen molar-refractivity contribution in [3.8, 4) is 0 Å². The van der Waals surface area contributed by atoms with Crippen molar-refractivity contribution >= 4 is 5.82 Å². The Morgan fingerprint density at radius 3 is 2.58 bits per heavy atom. The summed E-state index contributed by atoms with van der Waals surface area (Å²) in [5.74, 6) is 1.55. The van der Waals surface area contributed by atoms with Crippen LogP contribution in [0.2, 0.25) is 0 Å². The van der Waals surface area contributed by atoms with Crippen LogP contribution in [0.4, 0.5) is 5.82 Å². The summed E-state index contributed by atoms with van der Waals surface area (Å²) < 4.78 is 0. The second-order valence-electron chi connectivity index (χ2n) is 8.03. The normalized spacial score (nSPS) is 25.7. The summed E-state index contributed by atoms with van der Waals surface area (Å²) in [5, 5.41) is 10.3. The van der Waals surface area contributed by atoms with Crippen LogP contribution in [0.5, 0.6) is 0 Å². The van der Waals surface area contributed by atoms with E-state index in [2.05, 4.69) is 58.1 Å². The lowest BCUT2D eigenvalue weighted by Crippen LogP contribution is -2.37. The number of rotatable bonds is 5. The molecule has 0 amide bonds. The summed E-state index contributed by atoms with van der Waals surface area (Å²) in [6.45, 7) is 9.42. The number of aromatic nitrogens is 1. The maximum atomic E-state index is 10.3. The molecule has 4 rings (SSSR count). The van der Waals surface area contributed by atoms with Crippen molar-refractivity contribution in [2.24, 2.45) is 11.3 Å².